The van der Waals surface area contributed by atoms with Gasteiger partial charge in [-0.15, -0.1) is 0 Å². The number of fused-ring (bicyclic) bond motifs is 1. The zero-order chi connectivity index (χ0) is 13.0. The zero-order valence-corrected chi connectivity index (χ0v) is 11.8. The van der Waals surface area contributed by atoms with Crippen LogP contribution in [0.3, 0.4) is 0 Å². The maximum absolute atomic E-state index is 12.2. The summed E-state index contributed by atoms with van der Waals surface area (Å²) >= 11 is 0. The number of Topliss-reactive ketones (excluding diaryl/α,β-unsaturated/α-hetero) is 1. The van der Waals surface area contributed by atoms with Gasteiger partial charge in [0.05, 0.1) is 5.60 Å². The number of hydrogen-bond donors (Lipinski definition) is 1. The molecule has 0 bridgehead atoms. The number of ketones is 1. The van der Waals surface area contributed by atoms with Gasteiger partial charge in [0.1, 0.15) is 5.78 Å². The molecule has 2 fully saturated rings. The normalized spacial score (nSPS) is 39.8. The van der Waals surface area contributed by atoms with Crippen LogP contribution < -0.4 is 0 Å². The van der Waals surface area contributed by atoms with E-state index in [-0.39, 0.29) is 5.92 Å². The molecule has 2 aliphatic rings. The van der Waals surface area contributed by atoms with E-state index in [4.69, 9.17) is 0 Å². The van der Waals surface area contributed by atoms with Crippen LogP contribution in [0.25, 0.3) is 0 Å². The molecule has 2 heteroatoms. The van der Waals surface area contributed by atoms with E-state index < -0.39 is 5.60 Å². The Hall–Kier alpha value is -0.370. The summed E-state index contributed by atoms with van der Waals surface area (Å²) in [7, 11) is 0. The average molecular weight is 252 g/mol. The molecule has 2 saturated carbocycles. The minimum atomic E-state index is -0.681. The van der Waals surface area contributed by atoms with Crippen LogP contribution >= 0.6 is 0 Å². The predicted octanol–water partition coefficient (Wildman–Crippen LogP) is 3.86. The van der Waals surface area contributed by atoms with Crippen molar-refractivity contribution in [1.29, 1.82) is 0 Å². The lowest BCUT2D eigenvalue weighted by Crippen LogP contribution is -2.48. The fourth-order valence-electron chi connectivity index (χ4n) is 3.97. The van der Waals surface area contributed by atoms with Crippen molar-refractivity contribution in [2.45, 2.75) is 83.2 Å². The molecule has 18 heavy (non-hydrogen) atoms. The van der Waals surface area contributed by atoms with Gasteiger partial charge in [-0.25, -0.2) is 0 Å². The molecule has 0 radical (unpaired) electrons. The number of hydrogen-bond acceptors (Lipinski definition) is 2. The summed E-state index contributed by atoms with van der Waals surface area (Å²) in [6, 6.07) is 0. The topological polar surface area (TPSA) is 37.3 Å². The number of aliphatic hydroxyl groups is 1. The van der Waals surface area contributed by atoms with Crippen molar-refractivity contribution >= 4 is 5.78 Å². The van der Waals surface area contributed by atoms with Crippen molar-refractivity contribution in [2.75, 3.05) is 0 Å². The Morgan fingerprint density at radius 2 is 1.67 bits per heavy atom. The molecule has 2 rings (SSSR count). The molecule has 0 aromatic heterocycles. The monoisotopic (exact) mass is 252 g/mol. The van der Waals surface area contributed by atoms with E-state index in [1.807, 2.05) is 0 Å². The Bertz CT molecular complexity index is 287. The van der Waals surface area contributed by atoms with E-state index in [9.17, 15) is 9.90 Å². The molecular weight excluding hydrogens is 224 g/mol. The Balaban J connectivity index is 2.08. The smallest absolute Gasteiger partial charge is 0.139 e. The van der Waals surface area contributed by atoms with Gasteiger partial charge >= 0.3 is 0 Å². The summed E-state index contributed by atoms with van der Waals surface area (Å²) in [4.78, 5) is 12.2. The van der Waals surface area contributed by atoms with Crippen molar-refractivity contribution in [2.24, 2.45) is 11.8 Å². The molecule has 2 aliphatic carbocycles. The van der Waals surface area contributed by atoms with Gasteiger partial charge in [-0.2, -0.15) is 0 Å². The fourth-order valence-corrected chi connectivity index (χ4v) is 3.97. The number of carbonyl (C=O) groups excluding carboxylic acids is 1. The second-order valence-corrected chi connectivity index (χ2v) is 6.65. The van der Waals surface area contributed by atoms with Crippen LogP contribution in [0, 0.1) is 11.8 Å². The molecule has 0 aliphatic heterocycles. The van der Waals surface area contributed by atoms with E-state index in [1.165, 1.54) is 32.1 Å². The van der Waals surface area contributed by atoms with Crippen molar-refractivity contribution < 1.29 is 9.90 Å². The predicted molar refractivity (Wildman–Crippen MR) is 73.4 cm³/mol. The van der Waals surface area contributed by atoms with Crippen LogP contribution in [0.2, 0.25) is 0 Å². The average Bonchev–Trinajstić information content (AvgIpc) is 2.32. The van der Waals surface area contributed by atoms with Crippen LogP contribution in [0.5, 0.6) is 0 Å². The van der Waals surface area contributed by atoms with Gasteiger partial charge in [0, 0.05) is 12.3 Å². The maximum Gasteiger partial charge on any atom is 0.139 e. The quantitative estimate of drug-likeness (QED) is 0.711. The standard InChI is InChI=1S/C16H28O2/c1-13-11-15(17)14-9-7-5-3-2-4-6-8-10-16(14,18)12-13/h13-14,18H,2-12H2,1H3/t13-,14-,16+/m1/s1. The Morgan fingerprint density at radius 1 is 1.06 bits per heavy atom. The maximum atomic E-state index is 12.2. The number of carbonyl (C=O) groups is 1. The second-order valence-electron chi connectivity index (χ2n) is 6.65. The lowest BCUT2D eigenvalue weighted by atomic mass is 9.67. The van der Waals surface area contributed by atoms with Gasteiger partial charge < -0.3 is 5.11 Å². The first-order chi connectivity index (χ1) is 8.62. The molecule has 3 atom stereocenters. The van der Waals surface area contributed by atoms with Gasteiger partial charge in [0.25, 0.3) is 0 Å². The first-order valence-electron chi connectivity index (χ1n) is 7.87. The molecule has 0 amide bonds. The lowest BCUT2D eigenvalue weighted by molar-refractivity contribution is -0.143. The molecule has 0 spiro atoms. The Morgan fingerprint density at radius 3 is 2.39 bits per heavy atom. The van der Waals surface area contributed by atoms with E-state index >= 15 is 0 Å². The van der Waals surface area contributed by atoms with Crippen molar-refractivity contribution in [1.82, 2.24) is 0 Å². The lowest BCUT2D eigenvalue weighted by Gasteiger charge is -2.42. The molecule has 0 aromatic rings. The Labute approximate surface area is 111 Å². The van der Waals surface area contributed by atoms with E-state index in [0.717, 1.165) is 32.1 Å². The second kappa shape index (κ2) is 6.18. The SMILES string of the molecule is C[C@@H]1CC(=O)[C@H]2CCCCCCCCC[C@]2(O)C1. The van der Waals surface area contributed by atoms with Crippen LogP contribution in [0.4, 0.5) is 0 Å². The van der Waals surface area contributed by atoms with E-state index in [2.05, 4.69) is 6.92 Å². The first-order valence-corrected chi connectivity index (χ1v) is 7.87. The van der Waals surface area contributed by atoms with Gasteiger partial charge in [0.15, 0.2) is 0 Å². The minimum absolute atomic E-state index is 0.0631. The molecule has 104 valence electrons. The molecule has 0 aromatic carbocycles. The van der Waals surface area contributed by atoms with Crippen LogP contribution in [0.15, 0.2) is 0 Å². The fraction of sp³-hybridized carbons (Fsp3) is 0.938. The molecule has 0 saturated heterocycles. The molecule has 1 N–H and O–H groups in total. The summed E-state index contributed by atoms with van der Waals surface area (Å²) in [6.07, 6.45) is 11.9. The molecule has 2 nitrogen and oxygen atoms in total. The third-order valence-electron chi connectivity index (χ3n) is 4.89. The van der Waals surface area contributed by atoms with Crippen LogP contribution in [-0.4, -0.2) is 16.5 Å². The Kier molecular flexibility index (Phi) is 4.83. The number of rotatable bonds is 0. The van der Waals surface area contributed by atoms with Gasteiger partial charge in [-0.3, -0.25) is 4.79 Å². The van der Waals surface area contributed by atoms with Gasteiger partial charge in [-0.1, -0.05) is 51.9 Å². The van der Waals surface area contributed by atoms with Crippen LogP contribution in [0.1, 0.15) is 77.6 Å². The van der Waals surface area contributed by atoms with Crippen LogP contribution in [-0.2, 0) is 4.79 Å². The molecule has 0 heterocycles. The largest absolute Gasteiger partial charge is 0.389 e. The third kappa shape index (κ3) is 3.34. The highest BCUT2D eigenvalue weighted by atomic mass is 16.3. The van der Waals surface area contributed by atoms with Crippen molar-refractivity contribution in [3.05, 3.63) is 0 Å². The summed E-state index contributed by atoms with van der Waals surface area (Å²) in [5.74, 6) is 0.631. The van der Waals surface area contributed by atoms with Crippen molar-refractivity contribution in [3.8, 4) is 0 Å². The molecule has 0 unspecified atom stereocenters. The highest BCUT2D eigenvalue weighted by Gasteiger charge is 2.45. The molecular formula is C16H28O2. The summed E-state index contributed by atoms with van der Waals surface area (Å²) in [5, 5.41) is 10.9. The third-order valence-corrected chi connectivity index (χ3v) is 4.89. The van der Waals surface area contributed by atoms with Crippen molar-refractivity contribution in [3.63, 3.8) is 0 Å². The highest BCUT2D eigenvalue weighted by molar-refractivity contribution is 5.83. The summed E-state index contributed by atoms with van der Waals surface area (Å²) < 4.78 is 0. The minimum Gasteiger partial charge on any atom is -0.389 e. The van der Waals surface area contributed by atoms with Gasteiger partial charge in [0.2, 0.25) is 0 Å². The van der Waals surface area contributed by atoms with E-state index in [0.29, 0.717) is 18.1 Å². The summed E-state index contributed by atoms with van der Waals surface area (Å²) in [6.45, 7) is 2.11. The highest BCUT2D eigenvalue weighted by Crippen LogP contribution is 2.41. The zero-order valence-electron chi connectivity index (χ0n) is 11.8. The van der Waals surface area contributed by atoms with Gasteiger partial charge in [-0.05, 0) is 25.2 Å². The first kappa shape index (κ1) is 14.0. The van der Waals surface area contributed by atoms with E-state index in [1.54, 1.807) is 0 Å². The summed E-state index contributed by atoms with van der Waals surface area (Å²) in [5.41, 5.74) is -0.681.